The Kier molecular flexibility index (Phi) is 11.2. The molecule has 0 aliphatic carbocycles. The number of carboxylic acid groups (broad SMARTS) is 1. The van der Waals surface area contributed by atoms with Gasteiger partial charge in [0.1, 0.15) is 29.3 Å². The monoisotopic (exact) mass is 770 g/mol. The summed E-state index contributed by atoms with van der Waals surface area (Å²) in [6.07, 6.45) is 3.59. The number of thioether (sulfide) groups is 1. The van der Waals surface area contributed by atoms with E-state index in [4.69, 9.17) is 13.9 Å². The second-order valence-corrected chi connectivity index (χ2v) is 19.9. The number of benzene rings is 2. The predicted octanol–water partition coefficient (Wildman–Crippen LogP) is 8.95. The summed E-state index contributed by atoms with van der Waals surface area (Å²) in [4.78, 5) is 31.5. The maximum atomic E-state index is 13.6. The lowest BCUT2D eigenvalue weighted by atomic mass is 10.0. The number of hydrogen-bond acceptors (Lipinski definition) is 10. The molecule has 0 aliphatic rings. The minimum absolute atomic E-state index is 0.0174. The highest BCUT2D eigenvalue weighted by Crippen LogP contribution is 2.44. The van der Waals surface area contributed by atoms with Gasteiger partial charge in [0.2, 0.25) is 12.0 Å². The maximum Gasteiger partial charge on any atom is 0.345 e. The van der Waals surface area contributed by atoms with Crippen LogP contribution in [0.2, 0.25) is 18.1 Å². The molecule has 48 heavy (non-hydrogen) atoms. The molecule has 1 unspecified atom stereocenters. The molecule has 0 amide bonds. The van der Waals surface area contributed by atoms with Gasteiger partial charge in [0, 0.05) is 12.6 Å². The molecule has 1 atom stereocenters. The zero-order chi connectivity index (χ0) is 34.6. The smallest absolute Gasteiger partial charge is 0.345 e. The van der Waals surface area contributed by atoms with Crippen LogP contribution in [0.25, 0.3) is 20.7 Å². The van der Waals surface area contributed by atoms with E-state index in [9.17, 15) is 14.3 Å². The minimum atomic E-state index is -2.05. The van der Waals surface area contributed by atoms with Crippen LogP contribution in [0.3, 0.4) is 0 Å². The Balaban J connectivity index is 1.46. The fourth-order valence-corrected chi connectivity index (χ4v) is 7.80. The first-order valence-corrected chi connectivity index (χ1v) is 20.8. The molecular formula is C34H36BrFN4O5S2Si. The average molecular weight is 772 g/mol. The van der Waals surface area contributed by atoms with Crippen molar-refractivity contribution in [1.29, 1.82) is 0 Å². The Morgan fingerprint density at radius 3 is 2.52 bits per heavy atom. The van der Waals surface area contributed by atoms with Crippen molar-refractivity contribution < 1.29 is 28.2 Å². The molecule has 0 aliphatic heterocycles. The van der Waals surface area contributed by atoms with Gasteiger partial charge in [-0.1, -0.05) is 50.7 Å². The number of carboxylic acids is 1. The molecular weight excluding hydrogens is 736 g/mol. The molecule has 252 valence electrons. The number of nitrogens with zero attached hydrogens (tertiary/aromatic N) is 4. The molecule has 0 radical (unpaired) electrons. The van der Waals surface area contributed by atoms with E-state index < -0.39 is 20.4 Å². The SMILES string of the molecule is CSc1nccc(COc2ccc(CO[Si](C)(C)C(C)(C)C)cc2CC(Oc2ncnc3sc(-c4ccc(F)cc4)c(Br)c23)C(=O)O)n1. The number of thiophene rings is 1. The van der Waals surface area contributed by atoms with Gasteiger partial charge in [-0.3, -0.25) is 0 Å². The molecule has 5 rings (SSSR count). The largest absolute Gasteiger partial charge is 0.487 e. The Labute approximate surface area is 296 Å². The molecule has 5 aromatic rings. The van der Waals surface area contributed by atoms with Gasteiger partial charge >= 0.3 is 5.97 Å². The molecule has 0 spiro atoms. The molecule has 14 heteroatoms. The number of fused-ring (bicyclic) bond motifs is 1. The van der Waals surface area contributed by atoms with Crippen molar-refractivity contribution in [1.82, 2.24) is 19.9 Å². The van der Waals surface area contributed by atoms with Crippen molar-refractivity contribution in [2.24, 2.45) is 0 Å². The van der Waals surface area contributed by atoms with Gasteiger partial charge in [0.15, 0.2) is 13.5 Å². The van der Waals surface area contributed by atoms with Crippen molar-refractivity contribution >= 4 is 63.5 Å². The van der Waals surface area contributed by atoms with Crippen LogP contribution >= 0.6 is 39.0 Å². The zero-order valence-corrected chi connectivity index (χ0v) is 31.6. The van der Waals surface area contributed by atoms with E-state index in [1.54, 1.807) is 24.4 Å². The van der Waals surface area contributed by atoms with Crippen LogP contribution in [-0.2, 0) is 28.9 Å². The zero-order valence-electron chi connectivity index (χ0n) is 27.4. The van der Waals surface area contributed by atoms with Crippen molar-refractivity contribution in [3.63, 3.8) is 0 Å². The van der Waals surface area contributed by atoms with Crippen molar-refractivity contribution in [2.45, 2.75) is 69.8 Å². The first-order chi connectivity index (χ1) is 22.8. The Morgan fingerprint density at radius 1 is 1.08 bits per heavy atom. The summed E-state index contributed by atoms with van der Waals surface area (Å²) in [5.74, 6) is -0.881. The van der Waals surface area contributed by atoms with Gasteiger partial charge in [-0.25, -0.2) is 29.1 Å². The molecule has 0 bridgehead atoms. The molecule has 3 heterocycles. The minimum Gasteiger partial charge on any atom is -0.487 e. The van der Waals surface area contributed by atoms with E-state index >= 15 is 0 Å². The molecule has 9 nitrogen and oxygen atoms in total. The summed E-state index contributed by atoms with van der Waals surface area (Å²) >= 11 is 6.44. The lowest BCUT2D eigenvalue weighted by Crippen LogP contribution is -2.40. The lowest BCUT2D eigenvalue weighted by Gasteiger charge is -2.36. The summed E-state index contributed by atoms with van der Waals surface area (Å²) in [5, 5.41) is 11.6. The number of halogens is 2. The molecule has 3 aromatic heterocycles. The van der Waals surface area contributed by atoms with E-state index in [1.807, 2.05) is 24.5 Å². The fraction of sp³-hybridized carbons (Fsp3) is 0.324. The van der Waals surface area contributed by atoms with E-state index in [0.29, 0.717) is 43.5 Å². The highest BCUT2D eigenvalue weighted by atomic mass is 79.9. The second-order valence-electron chi connectivity index (χ2n) is 12.6. The second kappa shape index (κ2) is 15.0. The standard InChI is InChI=1S/C34H36BrFN4O5S2Si/c1-34(2,3)48(5,6)44-17-20-7-12-25(43-18-24-13-14-37-33(40-24)46-4)22(15-20)16-26(32(41)42)45-30-27-28(35)29(47-31(27)39-19-38-30)21-8-10-23(36)11-9-21/h7-15,19,26H,16-18H2,1-6H3,(H,41,42). The molecule has 0 fully saturated rings. The van der Waals surface area contributed by atoms with Crippen LogP contribution < -0.4 is 9.47 Å². The van der Waals surface area contributed by atoms with Crippen molar-refractivity contribution in [3.05, 3.63) is 88.2 Å². The average Bonchev–Trinajstić information content (AvgIpc) is 3.39. The van der Waals surface area contributed by atoms with Crippen LogP contribution in [0, 0.1) is 5.82 Å². The third-order valence-electron chi connectivity index (χ3n) is 8.22. The van der Waals surface area contributed by atoms with Gasteiger partial charge in [-0.2, -0.15) is 0 Å². The summed E-state index contributed by atoms with van der Waals surface area (Å²) < 4.78 is 33.1. The molecule has 0 saturated carbocycles. The molecule has 0 saturated heterocycles. The molecule has 2 aromatic carbocycles. The number of aliphatic carboxylic acids is 1. The van der Waals surface area contributed by atoms with Gasteiger partial charge in [0.05, 0.1) is 27.0 Å². The van der Waals surface area contributed by atoms with E-state index in [-0.39, 0.29) is 29.8 Å². The van der Waals surface area contributed by atoms with E-state index in [2.05, 4.69) is 69.7 Å². The maximum absolute atomic E-state index is 13.6. The fourth-order valence-electron chi connectivity index (χ4n) is 4.47. The van der Waals surface area contributed by atoms with Gasteiger partial charge in [0.25, 0.3) is 0 Å². The lowest BCUT2D eigenvalue weighted by molar-refractivity contribution is -0.145. The number of ether oxygens (including phenoxy) is 2. The topological polar surface area (TPSA) is 117 Å². The first kappa shape index (κ1) is 35.9. The number of carbonyl (C=O) groups is 1. The van der Waals surface area contributed by atoms with Crippen LogP contribution in [0.5, 0.6) is 11.6 Å². The third kappa shape index (κ3) is 8.40. The third-order valence-corrected chi connectivity index (χ3v) is 15.5. The normalized spacial score (nSPS) is 12.7. The summed E-state index contributed by atoms with van der Waals surface area (Å²) in [6.45, 7) is 11.5. The van der Waals surface area contributed by atoms with Crippen LogP contribution in [0.15, 0.2) is 70.7 Å². The van der Waals surface area contributed by atoms with Crippen molar-refractivity contribution in [2.75, 3.05) is 6.26 Å². The van der Waals surface area contributed by atoms with Crippen LogP contribution in [-0.4, -0.2) is 51.7 Å². The Hall–Kier alpha value is -3.43. The molecule has 1 N–H and O–H groups in total. The van der Waals surface area contributed by atoms with Crippen LogP contribution in [0.4, 0.5) is 4.39 Å². The summed E-state index contributed by atoms with van der Waals surface area (Å²) in [6, 6.07) is 13.6. The van der Waals surface area contributed by atoms with Gasteiger partial charge in [-0.15, -0.1) is 11.3 Å². The van der Waals surface area contributed by atoms with Crippen LogP contribution in [0.1, 0.15) is 37.6 Å². The Morgan fingerprint density at radius 2 is 1.83 bits per heavy atom. The first-order valence-electron chi connectivity index (χ1n) is 15.1. The number of rotatable bonds is 13. The highest BCUT2D eigenvalue weighted by Gasteiger charge is 2.37. The number of aromatic nitrogens is 4. The van der Waals surface area contributed by atoms with E-state index in [0.717, 1.165) is 16.0 Å². The summed E-state index contributed by atoms with van der Waals surface area (Å²) in [5.41, 5.74) is 3.00. The quantitative estimate of drug-likeness (QED) is 0.0707. The Bertz CT molecular complexity index is 1920. The highest BCUT2D eigenvalue weighted by molar-refractivity contribution is 9.10. The number of hydrogen-bond donors (Lipinski definition) is 1. The van der Waals surface area contributed by atoms with Gasteiger partial charge < -0.3 is 19.0 Å². The van der Waals surface area contributed by atoms with Crippen molar-refractivity contribution in [3.8, 4) is 22.1 Å². The summed E-state index contributed by atoms with van der Waals surface area (Å²) in [7, 11) is -2.05. The van der Waals surface area contributed by atoms with E-state index in [1.165, 1.54) is 41.6 Å². The van der Waals surface area contributed by atoms with Gasteiger partial charge in [-0.05, 0) is 87.3 Å². The predicted molar refractivity (Wildman–Crippen MR) is 193 cm³/mol.